The average molecular weight is 374 g/mol. The van der Waals surface area contributed by atoms with Crippen LogP contribution in [0.15, 0.2) is 48.7 Å². The Balaban J connectivity index is 1.72. The van der Waals surface area contributed by atoms with Gasteiger partial charge in [-0.25, -0.2) is 4.98 Å². The molecule has 0 N–H and O–H groups in total. The molecular formula is C20H17F3N2O2. The average Bonchev–Trinajstić information content (AvgIpc) is 3.35. The second-order valence-electron chi connectivity index (χ2n) is 6.55. The third-order valence-corrected chi connectivity index (χ3v) is 4.77. The van der Waals surface area contributed by atoms with Crippen molar-refractivity contribution >= 4 is 11.5 Å². The summed E-state index contributed by atoms with van der Waals surface area (Å²) in [6, 6.07) is 10.5. The monoisotopic (exact) mass is 374 g/mol. The van der Waals surface area contributed by atoms with Crippen molar-refractivity contribution in [1.29, 1.82) is 0 Å². The summed E-state index contributed by atoms with van der Waals surface area (Å²) in [6.07, 6.45) is -1.86. The Morgan fingerprint density at radius 3 is 2.63 bits per heavy atom. The molecule has 0 unspecified atom stereocenters. The van der Waals surface area contributed by atoms with Crippen molar-refractivity contribution in [1.82, 2.24) is 9.38 Å². The number of pyridine rings is 1. The Morgan fingerprint density at radius 2 is 1.96 bits per heavy atom. The Bertz CT molecular complexity index is 993. The van der Waals surface area contributed by atoms with E-state index >= 15 is 0 Å². The molecule has 2 heterocycles. The Hall–Kier alpha value is -2.83. The maximum absolute atomic E-state index is 12.8. The first kappa shape index (κ1) is 17.6. The molecule has 0 bridgehead atoms. The summed E-state index contributed by atoms with van der Waals surface area (Å²) in [4.78, 5) is 16.6. The predicted molar refractivity (Wildman–Crippen MR) is 93.1 cm³/mol. The number of fused-ring (bicyclic) bond motifs is 1. The van der Waals surface area contributed by atoms with Crippen LogP contribution in [-0.4, -0.2) is 22.0 Å². The van der Waals surface area contributed by atoms with E-state index in [1.54, 1.807) is 6.92 Å². The zero-order chi connectivity index (χ0) is 19.2. The van der Waals surface area contributed by atoms with Crippen molar-refractivity contribution in [2.75, 3.05) is 6.61 Å². The van der Waals surface area contributed by atoms with Crippen molar-refractivity contribution in [3.8, 4) is 11.3 Å². The highest BCUT2D eigenvalue weighted by molar-refractivity contribution is 5.80. The molecule has 0 amide bonds. The van der Waals surface area contributed by atoms with Crippen LogP contribution in [0.4, 0.5) is 13.2 Å². The smallest absolute Gasteiger partial charge is 0.416 e. The van der Waals surface area contributed by atoms with Crippen LogP contribution in [0.3, 0.4) is 0 Å². The van der Waals surface area contributed by atoms with Gasteiger partial charge in [0.15, 0.2) is 0 Å². The number of rotatable bonds is 4. The second-order valence-corrected chi connectivity index (χ2v) is 6.55. The van der Waals surface area contributed by atoms with Crippen LogP contribution in [0.1, 0.15) is 30.7 Å². The summed E-state index contributed by atoms with van der Waals surface area (Å²) < 4.78 is 45.4. The van der Waals surface area contributed by atoms with Gasteiger partial charge >= 0.3 is 12.1 Å². The van der Waals surface area contributed by atoms with E-state index in [0.717, 1.165) is 23.5 Å². The first-order valence-electron chi connectivity index (χ1n) is 8.71. The number of benzene rings is 1. The molecular weight excluding hydrogens is 357 g/mol. The molecule has 0 aliphatic heterocycles. The molecule has 0 spiro atoms. The summed E-state index contributed by atoms with van der Waals surface area (Å²) in [5, 5.41) is 0. The minimum Gasteiger partial charge on any atom is -0.466 e. The van der Waals surface area contributed by atoms with Gasteiger partial charge in [0.2, 0.25) is 0 Å². The minimum absolute atomic E-state index is 0.0397. The Labute approximate surface area is 153 Å². The number of alkyl halides is 3. The number of halogens is 3. The zero-order valence-electron chi connectivity index (χ0n) is 14.5. The van der Waals surface area contributed by atoms with Gasteiger partial charge in [0.25, 0.3) is 0 Å². The molecule has 27 heavy (non-hydrogen) atoms. The molecule has 2 aromatic heterocycles. The molecule has 0 saturated heterocycles. The van der Waals surface area contributed by atoms with Gasteiger partial charge in [-0.15, -0.1) is 0 Å². The predicted octanol–water partition coefficient (Wildman–Crippen LogP) is 4.69. The fraction of sp³-hybridized carbons (Fsp3) is 0.300. The molecule has 4 rings (SSSR count). The largest absolute Gasteiger partial charge is 0.466 e. The number of esters is 1. The number of hydrogen-bond donors (Lipinski definition) is 0. The highest BCUT2D eigenvalue weighted by Gasteiger charge is 2.48. The molecule has 2 atom stereocenters. The van der Waals surface area contributed by atoms with Crippen LogP contribution in [0, 0.1) is 5.92 Å². The van der Waals surface area contributed by atoms with Gasteiger partial charge in [-0.05, 0) is 37.6 Å². The standard InChI is InChI=1S/C20H17F3N2O2/c1-2-27-19(26)15-11-14(15)18-24-17(16-5-3-4-10-25(16)18)12-6-8-13(9-7-12)20(21,22)23/h3-10,14-15H,2,11H2,1H3/t14-,15+/m0/s1. The molecule has 7 heteroatoms. The molecule has 4 nitrogen and oxygen atoms in total. The van der Waals surface area contributed by atoms with Crippen molar-refractivity contribution < 1.29 is 22.7 Å². The highest BCUT2D eigenvalue weighted by atomic mass is 19.4. The number of nitrogens with zero attached hydrogens (tertiary/aromatic N) is 2. The molecule has 1 saturated carbocycles. The lowest BCUT2D eigenvalue weighted by atomic mass is 10.1. The summed E-state index contributed by atoms with van der Waals surface area (Å²) in [6.45, 7) is 2.10. The number of imidazole rings is 1. The van der Waals surface area contributed by atoms with E-state index < -0.39 is 11.7 Å². The first-order chi connectivity index (χ1) is 12.9. The van der Waals surface area contributed by atoms with E-state index in [1.807, 2.05) is 28.8 Å². The van der Waals surface area contributed by atoms with E-state index in [4.69, 9.17) is 4.74 Å². The van der Waals surface area contributed by atoms with Crippen molar-refractivity contribution in [2.24, 2.45) is 5.92 Å². The summed E-state index contributed by atoms with van der Waals surface area (Å²) in [7, 11) is 0. The van der Waals surface area contributed by atoms with Crippen LogP contribution >= 0.6 is 0 Å². The van der Waals surface area contributed by atoms with Crippen molar-refractivity contribution in [3.63, 3.8) is 0 Å². The van der Waals surface area contributed by atoms with Gasteiger partial charge in [0.1, 0.15) is 5.82 Å². The molecule has 0 radical (unpaired) electrons. The van der Waals surface area contributed by atoms with Crippen LogP contribution in [0.25, 0.3) is 16.8 Å². The molecule has 1 aliphatic rings. The normalized spacial score (nSPS) is 19.3. The van der Waals surface area contributed by atoms with Gasteiger partial charge in [0.05, 0.1) is 29.3 Å². The van der Waals surface area contributed by atoms with Gasteiger partial charge in [-0.3, -0.25) is 4.79 Å². The zero-order valence-corrected chi connectivity index (χ0v) is 14.5. The molecule has 140 valence electrons. The van der Waals surface area contributed by atoms with E-state index in [0.29, 0.717) is 24.3 Å². The Kier molecular flexibility index (Phi) is 4.17. The number of ether oxygens (including phenoxy) is 1. The van der Waals surface area contributed by atoms with Crippen LogP contribution < -0.4 is 0 Å². The first-order valence-corrected chi connectivity index (χ1v) is 8.71. The van der Waals surface area contributed by atoms with Gasteiger partial charge in [-0.2, -0.15) is 13.2 Å². The quantitative estimate of drug-likeness (QED) is 0.623. The van der Waals surface area contributed by atoms with Crippen LogP contribution in [-0.2, 0) is 15.7 Å². The summed E-state index contributed by atoms with van der Waals surface area (Å²) >= 11 is 0. The molecule has 1 fully saturated rings. The lowest BCUT2D eigenvalue weighted by Gasteiger charge is -2.06. The lowest BCUT2D eigenvalue weighted by Crippen LogP contribution is -2.08. The number of hydrogen-bond acceptors (Lipinski definition) is 3. The molecule has 1 aromatic carbocycles. The van der Waals surface area contributed by atoms with E-state index in [1.165, 1.54) is 12.1 Å². The second kappa shape index (κ2) is 6.40. The van der Waals surface area contributed by atoms with Crippen LogP contribution in [0.2, 0.25) is 0 Å². The summed E-state index contributed by atoms with van der Waals surface area (Å²) in [5.74, 6) is 0.253. The van der Waals surface area contributed by atoms with E-state index in [9.17, 15) is 18.0 Å². The van der Waals surface area contributed by atoms with Crippen molar-refractivity contribution in [3.05, 3.63) is 60.0 Å². The minimum atomic E-state index is -4.37. The maximum Gasteiger partial charge on any atom is 0.416 e. The summed E-state index contributed by atoms with van der Waals surface area (Å²) in [5.41, 5.74) is 1.31. The topological polar surface area (TPSA) is 43.6 Å². The van der Waals surface area contributed by atoms with Crippen LogP contribution in [0.5, 0.6) is 0 Å². The molecule has 1 aliphatic carbocycles. The van der Waals surface area contributed by atoms with E-state index in [2.05, 4.69) is 4.98 Å². The molecule has 3 aromatic rings. The number of aromatic nitrogens is 2. The number of carbonyl (C=O) groups excluding carboxylic acids is 1. The van der Waals surface area contributed by atoms with E-state index in [-0.39, 0.29) is 17.8 Å². The van der Waals surface area contributed by atoms with Gasteiger partial charge in [-0.1, -0.05) is 18.2 Å². The fourth-order valence-corrected chi connectivity index (χ4v) is 3.34. The maximum atomic E-state index is 12.8. The van der Waals surface area contributed by atoms with Crippen molar-refractivity contribution in [2.45, 2.75) is 25.4 Å². The van der Waals surface area contributed by atoms with Gasteiger partial charge < -0.3 is 9.14 Å². The third kappa shape index (κ3) is 3.18. The third-order valence-electron chi connectivity index (χ3n) is 4.77. The lowest BCUT2D eigenvalue weighted by molar-refractivity contribution is -0.144. The fourth-order valence-electron chi connectivity index (χ4n) is 3.34. The van der Waals surface area contributed by atoms with Gasteiger partial charge in [0, 0.05) is 17.7 Å². The SMILES string of the molecule is CCOC(=O)[C@@H]1C[C@@H]1c1nc(-c2ccc(C(F)(F)F)cc2)c2ccccn12. The Morgan fingerprint density at radius 1 is 1.22 bits per heavy atom. The highest BCUT2D eigenvalue weighted by Crippen LogP contribution is 2.48. The number of carbonyl (C=O) groups is 1.